The summed E-state index contributed by atoms with van der Waals surface area (Å²) in [7, 11) is 3.41. The molecule has 0 unspecified atom stereocenters. The number of benzene rings is 3. The van der Waals surface area contributed by atoms with Crippen LogP contribution in [0.25, 0.3) is 21.9 Å². The van der Waals surface area contributed by atoms with Crippen LogP contribution in [-0.2, 0) is 16.0 Å². The van der Waals surface area contributed by atoms with Crippen LogP contribution in [0.1, 0.15) is 44.1 Å². The third-order valence-electron chi connectivity index (χ3n) is 6.88. The van der Waals surface area contributed by atoms with E-state index in [4.69, 9.17) is 9.47 Å². The van der Waals surface area contributed by atoms with Gasteiger partial charge in [-0.3, -0.25) is 9.59 Å². The Labute approximate surface area is 212 Å². The average Bonchev–Trinajstić information content (AvgIpc) is 2.89. The molecule has 0 spiro atoms. The van der Waals surface area contributed by atoms with Crippen molar-refractivity contribution in [2.24, 2.45) is 5.92 Å². The van der Waals surface area contributed by atoms with Crippen LogP contribution in [0.4, 0.5) is 0 Å². The molecule has 0 saturated heterocycles. The highest BCUT2D eigenvalue weighted by Crippen LogP contribution is 2.37. The molecule has 6 nitrogen and oxygen atoms in total. The van der Waals surface area contributed by atoms with Gasteiger partial charge in [0.15, 0.2) is 6.61 Å². The van der Waals surface area contributed by atoms with Crippen LogP contribution in [0.15, 0.2) is 54.6 Å². The van der Waals surface area contributed by atoms with E-state index in [1.165, 1.54) is 37.0 Å². The number of hydrogen-bond acceptors (Lipinski definition) is 4. The second kappa shape index (κ2) is 11.9. The Morgan fingerprint density at radius 3 is 2.44 bits per heavy atom. The monoisotopic (exact) mass is 489 g/mol. The van der Waals surface area contributed by atoms with Crippen LogP contribution in [0.2, 0.25) is 0 Å². The summed E-state index contributed by atoms with van der Waals surface area (Å²) in [6.07, 6.45) is 6.68. The van der Waals surface area contributed by atoms with Crippen molar-refractivity contribution in [1.82, 2.24) is 4.90 Å². The van der Waals surface area contributed by atoms with Crippen molar-refractivity contribution in [1.29, 1.82) is 0 Å². The SMILES string of the molecule is CN(C)C(=O)COc1ccc2cc(-c3cccc(CCC(=O)O)c3OCC3CCCCC3)ccc2c1. The predicted molar refractivity (Wildman–Crippen MR) is 142 cm³/mol. The van der Waals surface area contributed by atoms with Gasteiger partial charge in [0.25, 0.3) is 5.91 Å². The lowest BCUT2D eigenvalue weighted by Crippen LogP contribution is -2.27. The Bertz CT molecular complexity index is 1210. The molecule has 1 N–H and O–H groups in total. The van der Waals surface area contributed by atoms with Crippen molar-refractivity contribution in [3.63, 3.8) is 0 Å². The van der Waals surface area contributed by atoms with E-state index in [0.717, 1.165) is 33.2 Å². The van der Waals surface area contributed by atoms with Gasteiger partial charge in [0.1, 0.15) is 11.5 Å². The normalized spacial score (nSPS) is 13.9. The van der Waals surface area contributed by atoms with E-state index in [1.54, 1.807) is 14.1 Å². The van der Waals surface area contributed by atoms with Gasteiger partial charge in [0.2, 0.25) is 0 Å². The zero-order valence-electron chi connectivity index (χ0n) is 21.2. The zero-order chi connectivity index (χ0) is 25.5. The number of fused-ring (bicyclic) bond motifs is 1. The fourth-order valence-corrected chi connectivity index (χ4v) is 4.73. The summed E-state index contributed by atoms with van der Waals surface area (Å²) in [5, 5.41) is 11.3. The fraction of sp³-hybridized carbons (Fsp3) is 0.400. The molecule has 3 aromatic carbocycles. The molecule has 4 rings (SSSR count). The number of aliphatic carboxylic acids is 1. The Hall–Kier alpha value is -3.54. The number of nitrogens with zero attached hydrogens (tertiary/aromatic N) is 1. The van der Waals surface area contributed by atoms with Gasteiger partial charge < -0.3 is 19.5 Å². The summed E-state index contributed by atoms with van der Waals surface area (Å²) in [6.45, 7) is 0.665. The number of rotatable bonds is 10. The Kier molecular flexibility index (Phi) is 8.47. The molecule has 1 aliphatic rings. The first-order valence-corrected chi connectivity index (χ1v) is 12.7. The average molecular weight is 490 g/mol. The molecule has 1 saturated carbocycles. The maximum absolute atomic E-state index is 11.8. The van der Waals surface area contributed by atoms with Crippen LogP contribution >= 0.6 is 0 Å². The van der Waals surface area contributed by atoms with Crippen LogP contribution in [0.3, 0.4) is 0 Å². The molecule has 3 aromatic rings. The predicted octanol–water partition coefficient (Wildman–Crippen LogP) is 5.95. The molecular formula is C30H35NO5. The number of hydrogen-bond donors (Lipinski definition) is 1. The molecule has 1 amide bonds. The zero-order valence-corrected chi connectivity index (χ0v) is 21.2. The number of carbonyl (C=O) groups is 2. The summed E-state index contributed by atoms with van der Waals surface area (Å²) < 4.78 is 12.1. The highest BCUT2D eigenvalue weighted by Gasteiger charge is 2.18. The second-order valence-corrected chi connectivity index (χ2v) is 9.80. The van der Waals surface area contributed by atoms with Crippen molar-refractivity contribution in [3.8, 4) is 22.6 Å². The molecule has 1 aliphatic carbocycles. The lowest BCUT2D eigenvalue weighted by molar-refractivity contribution is -0.137. The highest BCUT2D eigenvalue weighted by atomic mass is 16.5. The lowest BCUT2D eigenvalue weighted by Gasteiger charge is -2.24. The van der Waals surface area contributed by atoms with E-state index in [-0.39, 0.29) is 18.9 Å². The van der Waals surface area contributed by atoms with Gasteiger partial charge in [-0.1, -0.05) is 55.7 Å². The van der Waals surface area contributed by atoms with Crippen LogP contribution in [0.5, 0.6) is 11.5 Å². The van der Waals surface area contributed by atoms with Crippen LogP contribution < -0.4 is 9.47 Å². The quantitative estimate of drug-likeness (QED) is 0.381. The summed E-state index contributed by atoms with van der Waals surface area (Å²) in [5.74, 6) is 1.10. The summed E-state index contributed by atoms with van der Waals surface area (Å²) in [6, 6.07) is 18.0. The fourth-order valence-electron chi connectivity index (χ4n) is 4.73. The van der Waals surface area contributed by atoms with Crippen LogP contribution in [-0.4, -0.2) is 49.2 Å². The van der Waals surface area contributed by atoms with E-state index in [9.17, 15) is 14.7 Å². The third kappa shape index (κ3) is 6.56. The third-order valence-corrected chi connectivity index (χ3v) is 6.88. The van der Waals surface area contributed by atoms with E-state index in [0.29, 0.717) is 24.7 Å². The molecule has 0 aliphatic heterocycles. The van der Waals surface area contributed by atoms with Gasteiger partial charge >= 0.3 is 5.97 Å². The molecule has 190 valence electrons. The Morgan fingerprint density at radius 1 is 0.944 bits per heavy atom. The Balaban J connectivity index is 1.60. The maximum atomic E-state index is 11.8. The van der Waals surface area contributed by atoms with Gasteiger partial charge in [0, 0.05) is 26.1 Å². The van der Waals surface area contributed by atoms with E-state index < -0.39 is 5.97 Å². The highest BCUT2D eigenvalue weighted by molar-refractivity contribution is 5.89. The summed E-state index contributed by atoms with van der Waals surface area (Å²) >= 11 is 0. The van der Waals surface area contributed by atoms with Crippen molar-refractivity contribution >= 4 is 22.6 Å². The van der Waals surface area contributed by atoms with Crippen molar-refractivity contribution in [2.75, 3.05) is 27.3 Å². The first-order valence-electron chi connectivity index (χ1n) is 12.7. The molecule has 1 fully saturated rings. The molecule has 0 heterocycles. The molecular weight excluding hydrogens is 454 g/mol. The van der Waals surface area contributed by atoms with E-state index >= 15 is 0 Å². The molecule has 36 heavy (non-hydrogen) atoms. The smallest absolute Gasteiger partial charge is 0.303 e. The number of likely N-dealkylation sites (N-methyl/N-ethyl adjacent to an activating group) is 1. The number of para-hydroxylation sites is 1. The van der Waals surface area contributed by atoms with Gasteiger partial charge in [-0.15, -0.1) is 0 Å². The Morgan fingerprint density at radius 2 is 1.69 bits per heavy atom. The number of amides is 1. The largest absolute Gasteiger partial charge is 0.492 e. The van der Waals surface area contributed by atoms with Crippen molar-refractivity contribution < 1.29 is 24.2 Å². The minimum atomic E-state index is -0.811. The van der Waals surface area contributed by atoms with Crippen LogP contribution in [0, 0.1) is 5.92 Å². The summed E-state index contributed by atoms with van der Waals surface area (Å²) in [4.78, 5) is 24.6. The van der Waals surface area contributed by atoms with Gasteiger partial charge in [-0.05, 0) is 65.3 Å². The van der Waals surface area contributed by atoms with Gasteiger partial charge in [0.05, 0.1) is 6.61 Å². The summed E-state index contributed by atoms with van der Waals surface area (Å²) in [5.41, 5.74) is 2.93. The molecule has 0 aromatic heterocycles. The first-order chi connectivity index (χ1) is 17.4. The number of carbonyl (C=O) groups excluding carboxylic acids is 1. The number of carboxylic acids is 1. The molecule has 0 atom stereocenters. The van der Waals surface area contributed by atoms with E-state index in [1.807, 2.05) is 42.5 Å². The second-order valence-electron chi connectivity index (χ2n) is 9.80. The van der Waals surface area contributed by atoms with Gasteiger partial charge in [-0.2, -0.15) is 0 Å². The topological polar surface area (TPSA) is 76.1 Å². The number of aryl methyl sites for hydroxylation is 1. The minimum absolute atomic E-state index is 0.00141. The molecule has 0 radical (unpaired) electrons. The number of carboxylic acid groups (broad SMARTS) is 1. The van der Waals surface area contributed by atoms with Gasteiger partial charge in [-0.25, -0.2) is 0 Å². The van der Waals surface area contributed by atoms with E-state index in [2.05, 4.69) is 12.1 Å². The maximum Gasteiger partial charge on any atom is 0.303 e. The first kappa shape index (κ1) is 25.5. The lowest BCUT2D eigenvalue weighted by atomic mass is 9.90. The van der Waals surface area contributed by atoms with Crippen molar-refractivity contribution in [2.45, 2.75) is 44.9 Å². The molecule has 6 heteroatoms. The standard InChI is InChI=1S/C30H35NO5/c1-31(2)28(32)20-35-26-15-13-23-17-25(12-11-24(23)18-26)27-10-6-9-22(14-16-29(33)34)30(27)36-19-21-7-4-3-5-8-21/h6,9-13,15,17-18,21H,3-5,7-8,14,16,19-20H2,1-2H3,(H,33,34). The molecule has 0 bridgehead atoms. The minimum Gasteiger partial charge on any atom is -0.492 e. The number of ether oxygens (including phenoxy) is 2. The van der Waals surface area contributed by atoms with Crippen molar-refractivity contribution in [3.05, 3.63) is 60.2 Å².